The van der Waals surface area contributed by atoms with E-state index in [1.165, 1.54) is 28.6 Å². The molecule has 0 bridgehead atoms. The second kappa shape index (κ2) is 6.22. The summed E-state index contributed by atoms with van der Waals surface area (Å²) in [5.41, 5.74) is 2.94. The first kappa shape index (κ1) is 7.22. The van der Waals surface area contributed by atoms with E-state index in [-0.39, 0.29) is 0 Å². The maximum atomic E-state index is 2.94. The van der Waals surface area contributed by atoms with Gasteiger partial charge in [0, 0.05) is 0 Å². The molecule has 6 heavy (non-hydrogen) atoms. The molecule has 0 aliphatic carbocycles. The standard InChI is InChI=1S/C2H8N2P.In/c1-2-3-4-5;/h3-4H,1-2,5H2;. The fraction of sp³-hybridized carbons (Fsp3) is 1.00. The molecule has 0 saturated carbocycles. The second-order valence-electron chi connectivity index (χ2n) is 0.860. The van der Waals surface area contributed by atoms with Gasteiger partial charge in [0.2, 0.25) is 0 Å². The van der Waals surface area contributed by atoms with Crippen LogP contribution in [0.25, 0.3) is 0 Å². The molecule has 0 amide bonds. The molecule has 0 aromatic rings. The molecule has 1 unspecified atom stereocenters. The molecule has 0 saturated heterocycles. The first-order valence-corrected chi connectivity index (χ1v) is 4.71. The quantitative estimate of drug-likeness (QED) is 0.368. The van der Waals surface area contributed by atoms with E-state index in [0.29, 0.717) is 0 Å². The number of hydrogen-bond acceptors (Lipinski definition) is 2. The normalized spacial score (nSPS) is 8.83. The van der Waals surface area contributed by atoms with Crippen molar-refractivity contribution in [1.82, 2.24) is 10.6 Å². The predicted molar refractivity (Wildman–Crippen MR) is 31.4 cm³/mol. The zero-order chi connectivity index (χ0) is 4.83. The van der Waals surface area contributed by atoms with Crippen LogP contribution in [0.2, 0.25) is 4.18 Å². The molecule has 0 spiro atoms. The molecule has 34 valence electrons. The molecule has 0 aromatic carbocycles. The van der Waals surface area contributed by atoms with Gasteiger partial charge in [-0.25, -0.2) is 0 Å². The van der Waals surface area contributed by atoms with Crippen molar-refractivity contribution < 1.29 is 0 Å². The van der Waals surface area contributed by atoms with Crippen LogP contribution in [0.4, 0.5) is 0 Å². The van der Waals surface area contributed by atoms with Crippen LogP contribution in [0, 0.1) is 0 Å². The molecule has 0 rings (SSSR count). The van der Waals surface area contributed by atoms with Crippen molar-refractivity contribution in [1.29, 1.82) is 0 Å². The maximum absolute atomic E-state index is 2.94. The van der Waals surface area contributed by atoms with Crippen LogP contribution in [0.5, 0.6) is 0 Å². The zero-order valence-electron chi connectivity index (χ0n) is 3.57. The van der Waals surface area contributed by atoms with Gasteiger partial charge < -0.3 is 0 Å². The van der Waals surface area contributed by atoms with Crippen LogP contribution < -0.4 is 10.6 Å². The molecule has 0 heterocycles. The predicted octanol–water partition coefficient (Wildman–Crippen LogP) is -0.543. The monoisotopic (exact) mass is 206 g/mol. The van der Waals surface area contributed by atoms with Crippen molar-refractivity contribution in [2.24, 2.45) is 0 Å². The van der Waals surface area contributed by atoms with Gasteiger partial charge in [-0.3, -0.25) is 0 Å². The summed E-state index contributed by atoms with van der Waals surface area (Å²) < 4.78 is 1.30. The zero-order valence-corrected chi connectivity index (χ0v) is 8.02. The van der Waals surface area contributed by atoms with E-state index >= 15 is 0 Å². The van der Waals surface area contributed by atoms with Crippen LogP contribution in [0.15, 0.2) is 0 Å². The number of nitrogens with one attached hydrogen (secondary N) is 2. The molecule has 2 radical (unpaired) electrons. The Morgan fingerprint density at radius 1 is 1.67 bits per heavy atom. The average molecular weight is 206 g/mol. The Labute approximate surface area is 55.3 Å². The third-order valence-electron chi connectivity index (χ3n) is 0.371. The van der Waals surface area contributed by atoms with Crippen molar-refractivity contribution in [3.63, 3.8) is 0 Å². The Kier molecular flexibility index (Phi) is 7.49. The summed E-state index contributed by atoms with van der Waals surface area (Å²) in [6, 6.07) is 0. The molecule has 0 aromatic heterocycles. The van der Waals surface area contributed by atoms with Gasteiger partial charge in [-0.15, -0.1) is 0 Å². The van der Waals surface area contributed by atoms with Crippen molar-refractivity contribution in [3.05, 3.63) is 0 Å². The van der Waals surface area contributed by atoms with Crippen LogP contribution in [-0.4, -0.2) is 30.9 Å². The van der Waals surface area contributed by atoms with Gasteiger partial charge >= 0.3 is 55.1 Å². The molecule has 0 fully saturated rings. The van der Waals surface area contributed by atoms with Gasteiger partial charge in [0.25, 0.3) is 0 Å². The number of rotatable bonds is 3. The van der Waals surface area contributed by atoms with Gasteiger partial charge in [0.1, 0.15) is 0 Å². The Bertz CT molecular complexity index is 23.5. The van der Waals surface area contributed by atoms with E-state index in [1.54, 1.807) is 0 Å². The van der Waals surface area contributed by atoms with Gasteiger partial charge in [-0.1, -0.05) is 0 Å². The fourth-order valence-corrected chi connectivity index (χ4v) is 0.701. The summed E-state index contributed by atoms with van der Waals surface area (Å²) in [6.45, 7) is 1.09. The summed E-state index contributed by atoms with van der Waals surface area (Å²) in [6.07, 6.45) is 0. The van der Waals surface area contributed by atoms with Gasteiger partial charge in [-0.05, 0) is 0 Å². The summed E-state index contributed by atoms with van der Waals surface area (Å²) in [4.78, 5) is 0. The Morgan fingerprint density at radius 3 is 2.50 bits per heavy atom. The number of hydrogen-bond donors (Lipinski definition) is 2. The summed E-state index contributed by atoms with van der Waals surface area (Å²) in [5, 5.41) is 2.76. The first-order valence-electron chi connectivity index (χ1n) is 1.80. The third kappa shape index (κ3) is 5.22. The third-order valence-corrected chi connectivity index (χ3v) is 1.40. The topological polar surface area (TPSA) is 24.1 Å². The molecular weight excluding hydrogens is 198 g/mol. The van der Waals surface area contributed by atoms with Crippen LogP contribution in [-0.2, 0) is 0 Å². The second-order valence-corrected chi connectivity index (χ2v) is 2.80. The van der Waals surface area contributed by atoms with Crippen molar-refractivity contribution in [2.45, 2.75) is 4.18 Å². The van der Waals surface area contributed by atoms with Gasteiger partial charge in [-0.2, -0.15) is 0 Å². The van der Waals surface area contributed by atoms with E-state index in [4.69, 9.17) is 0 Å². The van der Waals surface area contributed by atoms with E-state index in [1.807, 2.05) is 0 Å². The van der Waals surface area contributed by atoms with E-state index in [9.17, 15) is 0 Å². The van der Waals surface area contributed by atoms with Crippen LogP contribution >= 0.6 is 9.39 Å². The Morgan fingerprint density at radius 2 is 2.33 bits per heavy atom. The van der Waals surface area contributed by atoms with Crippen molar-refractivity contribution >= 4 is 33.8 Å². The van der Waals surface area contributed by atoms with Crippen LogP contribution in [0.3, 0.4) is 0 Å². The van der Waals surface area contributed by atoms with Crippen molar-refractivity contribution in [3.8, 4) is 0 Å². The SMILES string of the molecule is PNNC[CH2][In]. The molecule has 0 aliphatic rings. The molecular formula is C2H8InN2P. The molecule has 0 aliphatic heterocycles. The average Bonchev–Trinajstić information content (AvgIpc) is 1.61. The number of hydrazine groups is 1. The van der Waals surface area contributed by atoms with E-state index < -0.39 is 0 Å². The van der Waals surface area contributed by atoms with E-state index in [0.717, 1.165) is 6.54 Å². The van der Waals surface area contributed by atoms with Gasteiger partial charge in [0.05, 0.1) is 0 Å². The van der Waals surface area contributed by atoms with Crippen LogP contribution in [0.1, 0.15) is 0 Å². The molecule has 2 N–H and O–H groups in total. The van der Waals surface area contributed by atoms with Gasteiger partial charge in [0.15, 0.2) is 0 Å². The molecule has 4 heteroatoms. The minimum absolute atomic E-state index is 1.09. The van der Waals surface area contributed by atoms with E-state index in [2.05, 4.69) is 20.0 Å². The summed E-state index contributed by atoms with van der Waals surface area (Å²) in [5.74, 6) is 0. The minimum atomic E-state index is 1.09. The fourth-order valence-electron chi connectivity index (χ4n) is 0.144. The summed E-state index contributed by atoms with van der Waals surface area (Å²) in [7, 11) is 2.38. The Hall–Kier alpha value is 1.22. The van der Waals surface area contributed by atoms with Crippen molar-refractivity contribution in [2.75, 3.05) is 6.54 Å². The molecule has 1 atom stereocenters. The molecule has 2 nitrogen and oxygen atoms in total. The Balaban J connectivity index is 2.34. The summed E-state index contributed by atoms with van der Waals surface area (Å²) >= 11 is 1.34. The first-order chi connectivity index (χ1) is 2.91.